The summed E-state index contributed by atoms with van der Waals surface area (Å²) in [7, 11) is 0. The quantitative estimate of drug-likeness (QED) is 0.816. The van der Waals surface area contributed by atoms with Crippen LogP contribution in [0.2, 0.25) is 0 Å². The number of alkyl halides is 2. The first-order valence-corrected chi connectivity index (χ1v) is 9.51. The molecule has 3 heterocycles. The van der Waals surface area contributed by atoms with Gasteiger partial charge in [0.1, 0.15) is 5.82 Å². The Bertz CT molecular complexity index is 729. The Balaban J connectivity index is 1.42. The van der Waals surface area contributed by atoms with Crippen molar-refractivity contribution >= 4 is 11.0 Å². The van der Waals surface area contributed by atoms with Gasteiger partial charge in [0.05, 0.1) is 23.7 Å². The summed E-state index contributed by atoms with van der Waals surface area (Å²) in [5.74, 6) is 0.453. The molecule has 142 valence electrons. The van der Waals surface area contributed by atoms with E-state index in [2.05, 4.69) is 14.8 Å². The zero-order chi connectivity index (χ0) is 17.9. The molecule has 2 aromatic rings. The highest BCUT2D eigenvalue weighted by Crippen LogP contribution is 2.24. The van der Waals surface area contributed by atoms with Crippen molar-refractivity contribution in [2.45, 2.75) is 38.5 Å². The second-order valence-electron chi connectivity index (χ2n) is 7.23. The molecule has 0 aliphatic carbocycles. The molecule has 2 aliphatic heterocycles. The van der Waals surface area contributed by atoms with Crippen LogP contribution in [0, 0.1) is 0 Å². The number of hydrogen-bond acceptors (Lipinski definition) is 4. The lowest BCUT2D eigenvalue weighted by Crippen LogP contribution is -2.35. The first-order chi connectivity index (χ1) is 12.7. The SMILES string of the molecule is FC(F)n1c(CN2CCCN(CC3CCCO3)CC2)nc2ccccc21. The Labute approximate surface area is 152 Å². The van der Waals surface area contributed by atoms with E-state index in [1.807, 2.05) is 6.07 Å². The molecule has 7 heteroatoms. The van der Waals surface area contributed by atoms with Crippen molar-refractivity contribution in [3.8, 4) is 0 Å². The molecule has 0 N–H and O–H groups in total. The van der Waals surface area contributed by atoms with Crippen LogP contribution in [0.1, 0.15) is 31.6 Å². The lowest BCUT2D eigenvalue weighted by Gasteiger charge is -2.24. The van der Waals surface area contributed by atoms with Gasteiger partial charge in [-0.05, 0) is 44.5 Å². The van der Waals surface area contributed by atoms with Crippen molar-refractivity contribution < 1.29 is 13.5 Å². The number of halogens is 2. The van der Waals surface area contributed by atoms with Crippen molar-refractivity contribution in [3.05, 3.63) is 30.1 Å². The monoisotopic (exact) mass is 364 g/mol. The maximum absolute atomic E-state index is 13.6. The van der Waals surface area contributed by atoms with Crippen LogP contribution in [0.15, 0.2) is 24.3 Å². The Morgan fingerprint density at radius 3 is 2.69 bits per heavy atom. The van der Waals surface area contributed by atoms with Gasteiger partial charge >= 0.3 is 6.55 Å². The molecule has 2 fully saturated rings. The highest BCUT2D eigenvalue weighted by atomic mass is 19.3. The van der Waals surface area contributed by atoms with Gasteiger partial charge < -0.3 is 4.74 Å². The number of rotatable bonds is 5. The van der Waals surface area contributed by atoms with E-state index in [9.17, 15) is 8.78 Å². The van der Waals surface area contributed by atoms with E-state index in [1.54, 1.807) is 18.2 Å². The molecule has 2 saturated heterocycles. The van der Waals surface area contributed by atoms with Crippen molar-refractivity contribution in [2.24, 2.45) is 0 Å². The molecule has 2 aliphatic rings. The number of ether oxygens (including phenoxy) is 1. The van der Waals surface area contributed by atoms with E-state index in [1.165, 1.54) is 0 Å². The van der Waals surface area contributed by atoms with E-state index in [0.717, 1.165) is 63.2 Å². The van der Waals surface area contributed by atoms with E-state index in [4.69, 9.17) is 4.74 Å². The molecule has 5 nitrogen and oxygen atoms in total. The van der Waals surface area contributed by atoms with E-state index in [0.29, 0.717) is 29.5 Å². The highest BCUT2D eigenvalue weighted by Gasteiger charge is 2.23. The maximum atomic E-state index is 13.6. The number of fused-ring (bicyclic) bond motifs is 1. The van der Waals surface area contributed by atoms with Gasteiger partial charge in [0.15, 0.2) is 0 Å². The Kier molecular flexibility index (Phi) is 5.47. The molecule has 0 bridgehead atoms. The van der Waals surface area contributed by atoms with Crippen LogP contribution in [0.4, 0.5) is 8.78 Å². The number of aromatic nitrogens is 2. The van der Waals surface area contributed by atoms with Crippen molar-refractivity contribution in [1.29, 1.82) is 0 Å². The van der Waals surface area contributed by atoms with E-state index in [-0.39, 0.29) is 0 Å². The molecule has 0 saturated carbocycles. The fraction of sp³-hybridized carbons (Fsp3) is 0.632. The Morgan fingerprint density at radius 1 is 1.08 bits per heavy atom. The van der Waals surface area contributed by atoms with Gasteiger partial charge in [0, 0.05) is 26.2 Å². The van der Waals surface area contributed by atoms with Crippen LogP contribution in [0.25, 0.3) is 11.0 Å². The third-order valence-corrected chi connectivity index (χ3v) is 5.40. The largest absolute Gasteiger partial charge is 0.377 e. The summed E-state index contributed by atoms with van der Waals surface area (Å²) in [6, 6.07) is 7.12. The standard InChI is InChI=1S/C19H26F2N4O/c20-19(21)25-17-7-2-1-6-16(17)22-18(25)14-24-9-4-8-23(10-11-24)13-15-5-3-12-26-15/h1-2,6-7,15,19H,3-5,8-14H2. The minimum Gasteiger partial charge on any atom is -0.377 e. The van der Waals surface area contributed by atoms with Crippen LogP contribution < -0.4 is 0 Å². The number of hydrogen-bond donors (Lipinski definition) is 0. The first-order valence-electron chi connectivity index (χ1n) is 9.51. The predicted molar refractivity (Wildman–Crippen MR) is 96.3 cm³/mol. The zero-order valence-electron chi connectivity index (χ0n) is 15.0. The summed E-state index contributed by atoms with van der Waals surface area (Å²) in [5.41, 5.74) is 1.14. The van der Waals surface area contributed by atoms with Crippen LogP contribution in [0.3, 0.4) is 0 Å². The average molecular weight is 364 g/mol. The molecule has 1 aromatic heterocycles. The Hall–Kier alpha value is -1.57. The summed E-state index contributed by atoms with van der Waals surface area (Å²) in [6.07, 6.45) is 3.72. The lowest BCUT2D eigenvalue weighted by molar-refractivity contribution is 0.0674. The van der Waals surface area contributed by atoms with Gasteiger partial charge in [0.25, 0.3) is 0 Å². The van der Waals surface area contributed by atoms with Crippen molar-refractivity contribution in [1.82, 2.24) is 19.4 Å². The van der Waals surface area contributed by atoms with Gasteiger partial charge in [-0.25, -0.2) is 4.98 Å². The predicted octanol–water partition coefficient (Wildman–Crippen LogP) is 3.12. The van der Waals surface area contributed by atoms with Crippen LogP contribution >= 0.6 is 0 Å². The summed E-state index contributed by atoms with van der Waals surface area (Å²) >= 11 is 0. The third kappa shape index (κ3) is 3.89. The second kappa shape index (κ2) is 7.98. The molecule has 4 rings (SSSR count). The van der Waals surface area contributed by atoms with Crippen LogP contribution in [0.5, 0.6) is 0 Å². The minimum absolute atomic E-state index is 0.365. The lowest BCUT2D eigenvalue weighted by atomic mass is 10.2. The number of nitrogens with zero attached hydrogens (tertiary/aromatic N) is 4. The number of para-hydroxylation sites is 2. The minimum atomic E-state index is -2.57. The molecular formula is C19H26F2N4O. The van der Waals surface area contributed by atoms with Gasteiger partial charge in [-0.15, -0.1) is 0 Å². The summed E-state index contributed by atoms with van der Waals surface area (Å²) in [4.78, 5) is 9.16. The highest BCUT2D eigenvalue weighted by molar-refractivity contribution is 5.75. The van der Waals surface area contributed by atoms with Gasteiger partial charge in [-0.2, -0.15) is 8.78 Å². The zero-order valence-corrected chi connectivity index (χ0v) is 15.0. The fourth-order valence-corrected chi connectivity index (χ4v) is 4.07. The van der Waals surface area contributed by atoms with E-state index < -0.39 is 6.55 Å². The molecule has 0 amide bonds. The van der Waals surface area contributed by atoms with Crippen molar-refractivity contribution in [2.75, 3.05) is 39.3 Å². The van der Waals surface area contributed by atoms with Gasteiger partial charge in [0.2, 0.25) is 0 Å². The summed E-state index contributed by atoms with van der Waals surface area (Å²) in [6.45, 7) is 3.55. The van der Waals surface area contributed by atoms with Crippen molar-refractivity contribution in [3.63, 3.8) is 0 Å². The summed E-state index contributed by atoms with van der Waals surface area (Å²) in [5, 5.41) is 0. The first kappa shape index (κ1) is 17.8. The maximum Gasteiger partial charge on any atom is 0.320 e. The van der Waals surface area contributed by atoms with Gasteiger partial charge in [-0.3, -0.25) is 14.4 Å². The average Bonchev–Trinajstić information content (AvgIpc) is 3.19. The molecule has 1 unspecified atom stereocenters. The fourth-order valence-electron chi connectivity index (χ4n) is 4.07. The molecule has 1 aromatic carbocycles. The molecule has 1 atom stereocenters. The number of imidazole rings is 1. The number of benzene rings is 1. The smallest absolute Gasteiger partial charge is 0.320 e. The van der Waals surface area contributed by atoms with Crippen LogP contribution in [-0.2, 0) is 11.3 Å². The second-order valence-corrected chi connectivity index (χ2v) is 7.23. The topological polar surface area (TPSA) is 33.5 Å². The molecular weight excluding hydrogens is 338 g/mol. The summed E-state index contributed by atoms with van der Waals surface area (Å²) < 4.78 is 34.0. The molecule has 0 radical (unpaired) electrons. The van der Waals surface area contributed by atoms with E-state index >= 15 is 0 Å². The third-order valence-electron chi connectivity index (χ3n) is 5.40. The van der Waals surface area contributed by atoms with Crippen LogP contribution in [-0.4, -0.2) is 64.8 Å². The Morgan fingerprint density at radius 2 is 1.88 bits per heavy atom. The molecule has 26 heavy (non-hydrogen) atoms. The van der Waals surface area contributed by atoms with Gasteiger partial charge in [-0.1, -0.05) is 12.1 Å². The normalized spacial score (nSPS) is 23.1. The molecule has 0 spiro atoms.